The third kappa shape index (κ3) is 4.73. The molecule has 0 bridgehead atoms. The van der Waals surface area contributed by atoms with Crippen molar-refractivity contribution in [1.29, 1.82) is 0 Å². The Morgan fingerprint density at radius 2 is 1.90 bits per heavy atom. The molecule has 62 valence electrons. The van der Waals surface area contributed by atoms with E-state index in [1.807, 2.05) is 13.8 Å². The summed E-state index contributed by atoms with van der Waals surface area (Å²) in [4.78, 5) is 0. The number of hydrogen-bond acceptors (Lipinski definition) is 3. The molecule has 0 aromatic rings. The van der Waals surface area contributed by atoms with Crippen LogP contribution in [-0.4, -0.2) is 25.3 Å². The molecule has 0 heterocycles. The van der Waals surface area contributed by atoms with Gasteiger partial charge in [-0.2, -0.15) is 0 Å². The highest BCUT2D eigenvalue weighted by Gasteiger charge is 2.06. The van der Waals surface area contributed by atoms with Crippen molar-refractivity contribution in [3.63, 3.8) is 0 Å². The Labute approximate surface area is 62.7 Å². The first-order valence-electron chi connectivity index (χ1n) is 3.76. The summed E-state index contributed by atoms with van der Waals surface area (Å²) in [5, 5.41) is 0. The van der Waals surface area contributed by atoms with Crippen LogP contribution >= 0.6 is 0 Å². The fraction of sp³-hybridized carbons (Fsp3) is 1.00. The number of ether oxygens (including phenoxy) is 1. The first kappa shape index (κ1) is 9.88. The third-order valence-electron chi connectivity index (χ3n) is 1.22. The molecule has 0 saturated heterocycles. The molecule has 0 amide bonds. The molecule has 0 rings (SSSR count). The van der Waals surface area contributed by atoms with Crippen molar-refractivity contribution < 1.29 is 4.74 Å². The van der Waals surface area contributed by atoms with Gasteiger partial charge in [0.05, 0.1) is 12.2 Å². The van der Waals surface area contributed by atoms with Gasteiger partial charge in [-0.15, -0.1) is 0 Å². The summed E-state index contributed by atoms with van der Waals surface area (Å²) in [6, 6.07) is 0. The zero-order valence-electron chi connectivity index (χ0n) is 6.84. The molecule has 10 heavy (non-hydrogen) atoms. The van der Waals surface area contributed by atoms with E-state index in [1.54, 1.807) is 0 Å². The summed E-state index contributed by atoms with van der Waals surface area (Å²) in [6.45, 7) is 5.21. The predicted molar refractivity (Wildman–Crippen MR) is 42.7 cm³/mol. The van der Waals surface area contributed by atoms with Gasteiger partial charge in [-0.1, -0.05) is 0 Å². The zero-order valence-corrected chi connectivity index (χ0v) is 6.84. The largest absolute Gasteiger partial charge is 0.374 e. The summed E-state index contributed by atoms with van der Waals surface area (Å²) < 4.78 is 5.43. The molecule has 0 aromatic heterocycles. The molecule has 0 radical (unpaired) electrons. The Hall–Kier alpha value is -0.120. The van der Waals surface area contributed by atoms with Gasteiger partial charge in [-0.3, -0.25) is 0 Å². The van der Waals surface area contributed by atoms with E-state index in [1.165, 1.54) is 0 Å². The third-order valence-corrected chi connectivity index (χ3v) is 1.22. The molecule has 0 spiro atoms. The van der Waals surface area contributed by atoms with Crippen molar-refractivity contribution in [2.75, 3.05) is 13.1 Å². The van der Waals surface area contributed by atoms with Crippen molar-refractivity contribution in [3.8, 4) is 0 Å². The molecule has 4 N–H and O–H groups in total. The summed E-state index contributed by atoms with van der Waals surface area (Å²) >= 11 is 0. The summed E-state index contributed by atoms with van der Waals surface area (Å²) in [5.74, 6) is 0. The Bertz CT molecular complexity index is 76.0. The number of hydrogen-bond donors (Lipinski definition) is 2. The van der Waals surface area contributed by atoms with Gasteiger partial charge < -0.3 is 16.2 Å². The summed E-state index contributed by atoms with van der Waals surface area (Å²) in [7, 11) is 0. The van der Waals surface area contributed by atoms with Crippen molar-refractivity contribution >= 4 is 0 Å². The average Bonchev–Trinajstić information content (AvgIpc) is 1.86. The summed E-state index contributed by atoms with van der Waals surface area (Å²) in [5.41, 5.74) is 10.8. The maximum atomic E-state index is 5.43. The quantitative estimate of drug-likeness (QED) is 0.577. The molecule has 0 unspecified atom stereocenters. The summed E-state index contributed by atoms with van der Waals surface area (Å²) in [6.07, 6.45) is 1.25. The van der Waals surface area contributed by atoms with Crippen LogP contribution in [0.2, 0.25) is 0 Å². The molecule has 3 nitrogen and oxygen atoms in total. The van der Waals surface area contributed by atoms with E-state index in [0.717, 1.165) is 6.42 Å². The maximum Gasteiger partial charge on any atom is 0.0712 e. The van der Waals surface area contributed by atoms with E-state index in [9.17, 15) is 0 Å². The number of nitrogens with two attached hydrogens (primary N) is 2. The topological polar surface area (TPSA) is 61.3 Å². The molecule has 0 aliphatic heterocycles. The highest BCUT2D eigenvalue weighted by molar-refractivity contribution is 4.59. The predicted octanol–water partition coefficient (Wildman–Crippen LogP) is 0.0875. The first-order chi connectivity index (χ1) is 4.70. The second-order valence-corrected chi connectivity index (χ2v) is 2.62. The van der Waals surface area contributed by atoms with E-state index in [2.05, 4.69) is 0 Å². The van der Waals surface area contributed by atoms with Gasteiger partial charge in [0.15, 0.2) is 0 Å². The SMILES string of the molecule is CC(C)O[C@@H](CN)CCN. The standard InChI is InChI=1S/C7H18N2O/c1-6(2)10-7(5-9)3-4-8/h6-7H,3-5,8-9H2,1-2H3/t7-/m1/s1. The van der Waals surface area contributed by atoms with Crippen molar-refractivity contribution in [3.05, 3.63) is 0 Å². The second kappa shape index (κ2) is 5.65. The second-order valence-electron chi connectivity index (χ2n) is 2.62. The van der Waals surface area contributed by atoms with Crippen LogP contribution < -0.4 is 11.5 Å². The molecule has 0 aliphatic carbocycles. The van der Waals surface area contributed by atoms with Gasteiger partial charge in [-0.25, -0.2) is 0 Å². The van der Waals surface area contributed by atoms with Gasteiger partial charge in [-0.05, 0) is 26.8 Å². The fourth-order valence-electron chi connectivity index (χ4n) is 0.812. The lowest BCUT2D eigenvalue weighted by atomic mass is 10.2. The molecule has 3 heteroatoms. The fourth-order valence-corrected chi connectivity index (χ4v) is 0.812. The Balaban J connectivity index is 3.39. The monoisotopic (exact) mass is 146 g/mol. The van der Waals surface area contributed by atoms with Crippen LogP contribution in [0.4, 0.5) is 0 Å². The lowest BCUT2D eigenvalue weighted by Crippen LogP contribution is -2.28. The van der Waals surface area contributed by atoms with Crippen LogP contribution in [-0.2, 0) is 4.74 Å². The van der Waals surface area contributed by atoms with E-state index in [0.29, 0.717) is 13.1 Å². The van der Waals surface area contributed by atoms with Gasteiger partial charge in [0.2, 0.25) is 0 Å². The van der Waals surface area contributed by atoms with Crippen LogP contribution in [0.1, 0.15) is 20.3 Å². The van der Waals surface area contributed by atoms with Crippen LogP contribution in [0.3, 0.4) is 0 Å². The lowest BCUT2D eigenvalue weighted by molar-refractivity contribution is 0.0101. The molecule has 0 aromatic carbocycles. The minimum atomic E-state index is 0.144. The lowest BCUT2D eigenvalue weighted by Gasteiger charge is -2.17. The highest BCUT2D eigenvalue weighted by atomic mass is 16.5. The molecule has 0 saturated carbocycles. The average molecular weight is 146 g/mol. The molecule has 0 aliphatic rings. The molecular formula is C7H18N2O. The smallest absolute Gasteiger partial charge is 0.0712 e. The zero-order chi connectivity index (χ0) is 7.98. The van der Waals surface area contributed by atoms with Crippen LogP contribution in [0.5, 0.6) is 0 Å². The highest BCUT2D eigenvalue weighted by Crippen LogP contribution is 1.99. The van der Waals surface area contributed by atoms with E-state index >= 15 is 0 Å². The normalized spacial score (nSPS) is 14.1. The van der Waals surface area contributed by atoms with Crippen LogP contribution in [0, 0.1) is 0 Å². The Morgan fingerprint density at radius 3 is 2.20 bits per heavy atom. The van der Waals surface area contributed by atoms with Gasteiger partial charge >= 0.3 is 0 Å². The number of rotatable bonds is 5. The first-order valence-corrected chi connectivity index (χ1v) is 3.76. The van der Waals surface area contributed by atoms with Gasteiger partial charge in [0, 0.05) is 6.54 Å². The molecular weight excluding hydrogens is 128 g/mol. The minimum Gasteiger partial charge on any atom is -0.374 e. The van der Waals surface area contributed by atoms with Gasteiger partial charge in [0.1, 0.15) is 0 Å². The Morgan fingerprint density at radius 1 is 1.30 bits per heavy atom. The minimum absolute atomic E-state index is 0.144. The maximum absolute atomic E-state index is 5.43. The molecule has 0 fully saturated rings. The van der Waals surface area contributed by atoms with Gasteiger partial charge in [0.25, 0.3) is 0 Å². The van der Waals surface area contributed by atoms with Crippen molar-refractivity contribution in [2.24, 2.45) is 11.5 Å². The van der Waals surface area contributed by atoms with E-state index in [-0.39, 0.29) is 12.2 Å². The Kier molecular flexibility index (Phi) is 5.58. The van der Waals surface area contributed by atoms with E-state index in [4.69, 9.17) is 16.2 Å². The van der Waals surface area contributed by atoms with Crippen molar-refractivity contribution in [1.82, 2.24) is 0 Å². The van der Waals surface area contributed by atoms with Crippen LogP contribution in [0.25, 0.3) is 0 Å². The molecule has 1 atom stereocenters. The van der Waals surface area contributed by atoms with E-state index < -0.39 is 0 Å². The van der Waals surface area contributed by atoms with Crippen LogP contribution in [0.15, 0.2) is 0 Å². The van der Waals surface area contributed by atoms with Crippen molar-refractivity contribution in [2.45, 2.75) is 32.5 Å².